The van der Waals surface area contributed by atoms with Crippen molar-refractivity contribution >= 4 is 17.5 Å². The van der Waals surface area contributed by atoms with Gasteiger partial charge in [-0.1, -0.05) is 42.5 Å². The van der Waals surface area contributed by atoms with E-state index in [2.05, 4.69) is 15.3 Å². The van der Waals surface area contributed by atoms with Gasteiger partial charge < -0.3 is 10.1 Å². The molecule has 0 aromatic heterocycles. The third-order valence-corrected chi connectivity index (χ3v) is 6.11. The summed E-state index contributed by atoms with van der Waals surface area (Å²) in [6, 6.07) is 14.1. The third-order valence-electron chi connectivity index (χ3n) is 6.11. The molecule has 2 aliphatic rings. The number of hydrazone groups is 1. The summed E-state index contributed by atoms with van der Waals surface area (Å²) in [5, 5.41) is 8.48. The van der Waals surface area contributed by atoms with Crippen LogP contribution in [-0.2, 0) is 27.0 Å². The molecule has 1 fully saturated rings. The van der Waals surface area contributed by atoms with Crippen LogP contribution in [0.3, 0.4) is 0 Å². The van der Waals surface area contributed by atoms with Crippen LogP contribution in [0.2, 0.25) is 0 Å². The summed E-state index contributed by atoms with van der Waals surface area (Å²) in [5.74, 6) is -0.540. The minimum absolute atomic E-state index is 0.152. The summed E-state index contributed by atoms with van der Waals surface area (Å²) >= 11 is 0. The zero-order chi connectivity index (χ0) is 24.8. The summed E-state index contributed by atoms with van der Waals surface area (Å²) in [5.41, 5.74) is 1.12. The summed E-state index contributed by atoms with van der Waals surface area (Å²) in [6.45, 7) is 2.68. The van der Waals surface area contributed by atoms with E-state index in [1.807, 2.05) is 30.3 Å². The van der Waals surface area contributed by atoms with E-state index in [1.165, 1.54) is 17.1 Å². The third kappa shape index (κ3) is 6.46. The van der Waals surface area contributed by atoms with Gasteiger partial charge in [-0.3, -0.25) is 14.5 Å². The fraction of sp³-hybridized carbons (Fsp3) is 0.400. The second-order valence-corrected chi connectivity index (χ2v) is 8.48. The lowest BCUT2D eigenvalue weighted by Crippen LogP contribution is -2.45. The number of nitrogens with zero attached hydrogens (tertiary/aromatic N) is 3. The van der Waals surface area contributed by atoms with Crippen LogP contribution in [0.15, 0.2) is 59.7 Å². The number of ether oxygens (including phenoxy) is 1. The van der Waals surface area contributed by atoms with Gasteiger partial charge in [-0.2, -0.15) is 18.3 Å². The number of hydrogen-bond acceptors (Lipinski definition) is 5. The second kappa shape index (κ2) is 11.0. The molecule has 35 heavy (non-hydrogen) atoms. The predicted molar refractivity (Wildman–Crippen MR) is 123 cm³/mol. The number of amides is 2. The van der Waals surface area contributed by atoms with Crippen molar-refractivity contribution in [3.63, 3.8) is 0 Å². The monoisotopic (exact) mass is 488 g/mol. The maximum absolute atomic E-state index is 13.0. The Morgan fingerprint density at radius 3 is 2.37 bits per heavy atom. The number of halogens is 3. The lowest BCUT2D eigenvalue weighted by molar-refractivity contribution is -0.137. The molecule has 0 radical (unpaired) electrons. The fourth-order valence-electron chi connectivity index (χ4n) is 4.18. The lowest BCUT2D eigenvalue weighted by atomic mass is 10.0. The highest BCUT2D eigenvalue weighted by atomic mass is 19.4. The molecule has 10 heteroatoms. The van der Waals surface area contributed by atoms with Crippen molar-refractivity contribution in [2.75, 3.05) is 32.8 Å². The number of nitrogens with one attached hydrogen (secondary N) is 1. The van der Waals surface area contributed by atoms with Gasteiger partial charge in [-0.05, 0) is 23.3 Å². The van der Waals surface area contributed by atoms with E-state index >= 15 is 0 Å². The van der Waals surface area contributed by atoms with Crippen molar-refractivity contribution in [2.24, 2.45) is 5.10 Å². The largest absolute Gasteiger partial charge is 0.416 e. The summed E-state index contributed by atoms with van der Waals surface area (Å²) < 4.78 is 44.4. The number of carbonyl (C=O) groups excluding carboxylic acids is 2. The van der Waals surface area contributed by atoms with Crippen LogP contribution < -0.4 is 5.32 Å². The molecule has 2 aromatic carbocycles. The maximum Gasteiger partial charge on any atom is 0.416 e. The number of morpholine rings is 1. The van der Waals surface area contributed by atoms with E-state index in [0.717, 1.165) is 17.7 Å². The molecule has 2 aliphatic heterocycles. The molecule has 2 heterocycles. The van der Waals surface area contributed by atoms with Gasteiger partial charge >= 0.3 is 6.18 Å². The van der Waals surface area contributed by atoms with E-state index in [9.17, 15) is 22.8 Å². The highest BCUT2D eigenvalue weighted by molar-refractivity contribution is 6.39. The van der Waals surface area contributed by atoms with Gasteiger partial charge in [-0.15, -0.1) is 0 Å². The van der Waals surface area contributed by atoms with Gasteiger partial charge in [-0.25, -0.2) is 5.01 Å². The molecule has 0 spiro atoms. The Morgan fingerprint density at radius 1 is 1.03 bits per heavy atom. The van der Waals surface area contributed by atoms with Crippen molar-refractivity contribution in [3.05, 3.63) is 71.3 Å². The molecule has 2 aromatic rings. The van der Waals surface area contributed by atoms with Gasteiger partial charge in [0.05, 0.1) is 31.4 Å². The lowest BCUT2D eigenvalue weighted by Gasteiger charge is -2.35. The summed E-state index contributed by atoms with van der Waals surface area (Å²) in [6.07, 6.45) is -3.99. The molecule has 2 amide bonds. The Bertz CT molecular complexity index is 1050. The van der Waals surface area contributed by atoms with Crippen LogP contribution in [0.5, 0.6) is 0 Å². The van der Waals surface area contributed by atoms with Gasteiger partial charge in [0.2, 0.25) is 5.91 Å². The first-order valence-corrected chi connectivity index (χ1v) is 11.5. The molecule has 1 unspecified atom stereocenters. The average Bonchev–Trinajstić information content (AvgIpc) is 2.86. The number of alkyl halides is 3. The minimum Gasteiger partial charge on any atom is -0.379 e. The molecule has 1 atom stereocenters. The molecule has 186 valence electrons. The van der Waals surface area contributed by atoms with Crippen molar-refractivity contribution < 1.29 is 27.5 Å². The quantitative estimate of drug-likeness (QED) is 0.649. The number of rotatable bonds is 7. The Hall–Kier alpha value is -3.24. The van der Waals surface area contributed by atoms with Gasteiger partial charge in [0, 0.05) is 32.5 Å². The Kier molecular flexibility index (Phi) is 7.82. The van der Waals surface area contributed by atoms with Crippen LogP contribution in [0.1, 0.15) is 35.6 Å². The van der Waals surface area contributed by atoms with Crippen molar-refractivity contribution in [1.82, 2.24) is 15.2 Å². The van der Waals surface area contributed by atoms with E-state index in [1.54, 1.807) is 0 Å². The first-order valence-electron chi connectivity index (χ1n) is 11.5. The first kappa shape index (κ1) is 24.9. The normalized spacial score (nSPS) is 18.2. The first-order chi connectivity index (χ1) is 16.8. The van der Waals surface area contributed by atoms with Crippen molar-refractivity contribution in [3.8, 4) is 0 Å². The molecule has 0 bridgehead atoms. The topological polar surface area (TPSA) is 74.2 Å². The predicted octanol–water partition coefficient (Wildman–Crippen LogP) is 3.37. The minimum atomic E-state index is -4.41. The molecular formula is C25H27F3N4O3. The second-order valence-electron chi connectivity index (χ2n) is 8.48. The van der Waals surface area contributed by atoms with Gasteiger partial charge in [0.1, 0.15) is 5.71 Å². The number of carbonyl (C=O) groups is 2. The zero-order valence-electron chi connectivity index (χ0n) is 19.1. The van der Waals surface area contributed by atoms with Crippen LogP contribution in [-0.4, -0.2) is 60.3 Å². The zero-order valence-corrected chi connectivity index (χ0v) is 19.1. The number of benzene rings is 2. The highest BCUT2D eigenvalue weighted by Crippen LogP contribution is 2.31. The summed E-state index contributed by atoms with van der Waals surface area (Å²) in [4.78, 5) is 27.3. The molecule has 1 N–H and O–H groups in total. The Labute approximate surface area is 201 Å². The Morgan fingerprint density at radius 2 is 1.71 bits per heavy atom. The Balaban J connectivity index is 1.46. The molecule has 4 rings (SSSR count). The average molecular weight is 489 g/mol. The molecular weight excluding hydrogens is 461 g/mol. The van der Waals surface area contributed by atoms with E-state index in [0.29, 0.717) is 31.9 Å². The molecule has 7 nitrogen and oxygen atoms in total. The van der Waals surface area contributed by atoms with Crippen LogP contribution >= 0.6 is 0 Å². The van der Waals surface area contributed by atoms with E-state index in [-0.39, 0.29) is 49.5 Å². The number of hydrogen-bond donors (Lipinski definition) is 1. The molecule has 0 saturated carbocycles. The van der Waals surface area contributed by atoms with Crippen molar-refractivity contribution in [2.45, 2.75) is 31.6 Å². The maximum atomic E-state index is 13.0. The van der Waals surface area contributed by atoms with E-state index < -0.39 is 11.7 Å². The summed E-state index contributed by atoms with van der Waals surface area (Å²) in [7, 11) is 0. The smallest absolute Gasteiger partial charge is 0.379 e. The van der Waals surface area contributed by atoms with Crippen LogP contribution in [0.25, 0.3) is 0 Å². The van der Waals surface area contributed by atoms with Crippen LogP contribution in [0.4, 0.5) is 13.2 Å². The van der Waals surface area contributed by atoms with Crippen molar-refractivity contribution in [1.29, 1.82) is 0 Å². The van der Waals surface area contributed by atoms with Gasteiger partial charge in [0.15, 0.2) is 0 Å². The van der Waals surface area contributed by atoms with E-state index in [4.69, 9.17) is 4.74 Å². The SMILES string of the molecule is O=C(NCC(c1ccc(C(F)(F)F)cc1)N1CCOCC1)C1=NN(Cc2ccccc2)C(=O)CC1. The van der Waals surface area contributed by atoms with Gasteiger partial charge in [0.25, 0.3) is 5.91 Å². The van der Waals surface area contributed by atoms with Crippen LogP contribution in [0, 0.1) is 0 Å². The molecule has 0 aliphatic carbocycles. The highest BCUT2D eigenvalue weighted by Gasteiger charge is 2.31. The standard InChI is InChI=1S/C25H27F3N4O3/c26-25(27,28)20-8-6-19(7-9-20)22(31-12-14-35-15-13-31)16-29-24(34)21-10-11-23(33)32(30-21)17-18-4-2-1-3-5-18/h1-9,22H,10-17H2,(H,29,34). The fourth-order valence-corrected chi connectivity index (χ4v) is 4.18. The molecule has 1 saturated heterocycles.